The largest absolute Gasteiger partial charge is 0.469 e. The topological polar surface area (TPSA) is 58.8 Å². The summed E-state index contributed by atoms with van der Waals surface area (Å²) in [5.41, 5.74) is 0. The molecular formula is C15H25N3O2. The Hall–Kier alpha value is -1.49. The highest BCUT2D eigenvalue weighted by atomic mass is 16.5. The SMILES string of the molecule is CCNC(=NCCc1ccco1)NC(COC)C1CC1. The van der Waals surface area contributed by atoms with E-state index in [4.69, 9.17) is 9.15 Å². The third-order valence-corrected chi connectivity index (χ3v) is 3.41. The lowest BCUT2D eigenvalue weighted by Gasteiger charge is -2.20. The lowest BCUT2D eigenvalue weighted by molar-refractivity contribution is 0.165. The summed E-state index contributed by atoms with van der Waals surface area (Å²) in [6.45, 7) is 4.38. The molecule has 0 bridgehead atoms. The zero-order chi connectivity index (χ0) is 14.2. The van der Waals surface area contributed by atoms with Crippen molar-refractivity contribution in [1.82, 2.24) is 10.6 Å². The van der Waals surface area contributed by atoms with E-state index >= 15 is 0 Å². The molecular weight excluding hydrogens is 254 g/mol. The van der Waals surface area contributed by atoms with Gasteiger partial charge in [0.05, 0.1) is 18.9 Å². The Morgan fingerprint density at radius 3 is 3.00 bits per heavy atom. The summed E-state index contributed by atoms with van der Waals surface area (Å²) in [5, 5.41) is 6.77. The zero-order valence-corrected chi connectivity index (χ0v) is 12.4. The highest BCUT2D eigenvalue weighted by Gasteiger charge is 2.31. The first kappa shape index (κ1) is 14.9. The van der Waals surface area contributed by atoms with Gasteiger partial charge in [-0.15, -0.1) is 0 Å². The van der Waals surface area contributed by atoms with Gasteiger partial charge in [0, 0.05) is 26.6 Å². The number of methoxy groups -OCH3 is 1. The van der Waals surface area contributed by atoms with Crippen molar-refractivity contribution >= 4 is 5.96 Å². The van der Waals surface area contributed by atoms with Crippen LogP contribution in [-0.4, -0.2) is 38.8 Å². The lowest BCUT2D eigenvalue weighted by atomic mass is 10.2. The van der Waals surface area contributed by atoms with E-state index in [0.29, 0.717) is 12.6 Å². The smallest absolute Gasteiger partial charge is 0.191 e. The van der Waals surface area contributed by atoms with Crippen molar-refractivity contribution in [2.45, 2.75) is 32.2 Å². The van der Waals surface area contributed by atoms with Gasteiger partial charge in [0.15, 0.2) is 5.96 Å². The summed E-state index contributed by atoms with van der Waals surface area (Å²) in [4.78, 5) is 4.60. The zero-order valence-electron chi connectivity index (χ0n) is 12.4. The average molecular weight is 279 g/mol. The van der Waals surface area contributed by atoms with Gasteiger partial charge in [-0.25, -0.2) is 0 Å². The minimum absolute atomic E-state index is 0.362. The molecule has 1 aromatic heterocycles. The molecule has 0 spiro atoms. The van der Waals surface area contributed by atoms with E-state index in [1.807, 2.05) is 12.1 Å². The Labute approximate surface area is 120 Å². The maximum atomic E-state index is 5.31. The molecule has 1 saturated carbocycles. The fraction of sp³-hybridized carbons (Fsp3) is 0.667. The molecule has 1 fully saturated rings. The molecule has 0 aromatic carbocycles. The van der Waals surface area contributed by atoms with Gasteiger partial charge in [0.2, 0.25) is 0 Å². The van der Waals surface area contributed by atoms with Crippen LogP contribution in [0.2, 0.25) is 0 Å². The summed E-state index contributed by atoms with van der Waals surface area (Å²) in [6.07, 6.45) is 5.09. The number of nitrogens with zero attached hydrogens (tertiary/aromatic N) is 1. The third-order valence-electron chi connectivity index (χ3n) is 3.41. The standard InChI is InChI=1S/C15H25N3O2/c1-3-16-15(17-9-8-13-5-4-10-20-13)18-14(11-19-2)12-6-7-12/h4-5,10,12,14H,3,6-9,11H2,1-2H3,(H2,16,17,18). The van der Waals surface area contributed by atoms with E-state index in [-0.39, 0.29) is 0 Å². The fourth-order valence-electron chi connectivity index (χ4n) is 2.20. The number of ether oxygens (including phenoxy) is 1. The number of aliphatic imine (C=N–C) groups is 1. The molecule has 1 aliphatic carbocycles. The maximum Gasteiger partial charge on any atom is 0.191 e. The van der Waals surface area contributed by atoms with Crippen LogP contribution >= 0.6 is 0 Å². The molecule has 0 aliphatic heterocycles. The van der Waals surface area contributed by atoms with E-state index in [2.05, 4.69) is 22.5 Å². The molecule has 5 heteroatoms. The number of rotatable bonds is 8. The van der Waals surface area contributed by atoms with Crippen molar-refractivity contribution in [2.24, 2.45) is 10.9 Å². The summed E-state index contributed by atoms with van der Waals surface area (Å²) < 4.78 is 10.6. The first-order chi connectivity index (χ1) is 9.83. The van der Waals surface area contributed by atoms with Gasteiger partial charge >= 0.3 is 0 Å². The van der Waals surface area contributed by atoms with Crippen LogP contribution in [-0.2, 0) is 11.2 Å². The van der Waals surface area contributed by atoms with Gasteiger partial charge in [-0.05, 0) is 37.8 Å². The molecule has 1 unspecified atom stereocenters. The van der Waals surface area contributed by atoms with Crippen molar-refractivity contribution in [2.75, 3.05) is 26.8 Å². The summed E-state index contributed by atoms with van der Waals surface area (Å²) in [7, 11) is 1.75. The second-order valence-electron chi connectivity index (χ2n) is 5.13. The van der Waals surface area contributed by atoms with Crippen LogP contribution in [0.1, 0.15) is 25.5 Å². The maximum absolute atomic E-state index is 5.31. The van der Waals surface area contributed by atoms with Crippen LogP contribution < -0.4 is 10.6 Å². The van der Waals surface area contributed by atoms with Gasteiger partial charge in [-0.3, -0.25) is 4.99 Å². The van der Waals surface area contributed by atoms with Crippen LogP contribution in [0.5, 0.6) is 0 Å². The molecule has 2 N–H and O–H groups in total. The highest BCUT2D eigenvalue weighted by Crippen LogP contribution is 2.32. The Bertz CT molecular complexity index is 399. The normalized spacial score (nSPS) is 17.0. The van der Waals surface area contributed by atoms with Gasteiger partial charge in [-0.2, -0.15) is 0 Å². The van der Waals surface area contributed by atoms with Gasteiger partial charge in [0.1, 0.15) is 5.76 Å². The highest BCUT2D eigenvalue weighted by molar-refractivity contribution is 5.80. The van der Waals surface area contributed by atoms with Crippen LogP contribution in [0.3, 0.4) is 0 Å². The van der Waals surface area contributed by atoms with Crippen LogP contribution in [0.25, 0.3) is 0 Å². The summed E-state index contributed by atoms with van der Waals surface area (Å²) >= 11 is 0. The monoisotopic (exact) mass is 279 g/mol. The molecule has 1 heterocycles. The van der Waals surface area contributed by atoms with Crippen molar-refractivity contribution in [1.29, 1.82) is 0 Å². The summed E-state index contributed by atoms with van der Waals surface area (Å²) in [6, 6.07) is 4.25. The first-order valence-corrected chi connectivity index (χ1v) is 7.39. The molecule has 0 amide bonds. The van der Waals surface area contributed by atoms with Crippen molar-refractivity contribution in [3.8, 4) is 0 Å². The average Bonchev–Trinajstić information content (AvgIpc) is 3.16. The number of furan rings is 1. The molecule has 0 saturated heterocycles. The quantitative estimate of drug-likeness (QED) is 0.563. The van der Waals surface area contributed by atoms with Gasteiger partial charge in [0.25, 0.3) is 0 Å². The first-order valence-electron chi connectivity index (χ1n) is 7.39. The number of hydrogen-bond acceptors (Lipinski definition) is 3. The molecule has 0 radical (unpaired) electrons. The van der Waals surface area contributed by atoms with Crippen LogP contribution in [0.4, 0.5) is 0 Å². The Morgan fingerprint density at radius 1 is 1.55 bits per heavy atom. The predicted molar refractivity (Wildman–Crippen MR) is 79.9 cm³/mol. The van der Waals surface area contributed by atoms with Gasteiger partial charge in [-0.1, -0.05) is 0 Å². The van der Waals surface area contributed by atoms with E-state index < -0.39 is 0 Å². The van der Waals surface area contributed by atoms with Crippen molar-refractivity contribution < 1.29 is 9.15 Å². The molecule has 2 rings (SSSR count). The predicted octanol–water partition coefficient (Wildman–Crippen LogP) is 1.80. The van der Waals surface area contributed by atoms with E-state index in [0.717, 1.165) is 37.2 Å². The van der Waals surface area contributed by atoms with E-state index in [1.54, 1.807) is 13.4 Å². The fourth-order valence-corrected chi connectivity index (χ4v) is 2.20. The Balaban J connectivity index is 1.84. The molecule has 112 valence electrons. The van der Waals surface area contributed by atoms with Gasteiger partial charge < -0.3 is 19.8 Å². The molecule has 1 aromatic rings. The van der Waals surface area contributed by atoms with Crippen molar-refractivity contribution in [3.63, 3.8) is 0 Å². The number of guanidine groups is 1. The molecule has 1 atom stereocenters. The Morgan fingerprint density at radius 2 is 2.40 bits per heavy atom. The van der Waals surface area contributed by atoms with Crippen LogP contribution in [0.15, 0.2) is 27.8 Å². The van der Waals surface area contributed by atoms with Crippen LogP contribution in [0, 0.1) is 5.92 Å². The minimum atomic E-state index is 0.362. The lowest BCUT2D eigenvalue weighted by Crippen LogP contribution is -2.46. The molecule has 20 heavy (non-hydrogen) atoms. The van der Waals surface area contributed by atoms with E-state index in [9.17, 15) is 0 Å². The number of hydrogen-bond donors (Lipinski definition) is 2. The molecule has 1 aliphatic rings. The summed E-state index contributed by atoms with van der Waals surface area (Å²) in [5.74, 6) is 2.57. The third kappa shape index (κ3) is 4.89. The second kappa shape index (κ2) is 7.94. The Kier molecular flexibility index (Phi) is 5.92. The van der Waals surface area contributed by atoms with Crippen molar-refractivity contribution in [3.05, 3.63) is 24.2 Å². The van der Waals surface area contributed by atoms with E-state index in [1.165, 1.54) is 12.8 Å². The molecule has 5 nitrogen and oxygen atoms in total. The number of nitrogens with one attached hydrogen (secondary N) is 2. The minimum Gasteiger partial charge on any atom is -0.469 e. The second-order valence-corrected chi connectivity index (χ2v) is 5.13.